The first-order chi connectivity index (χ1) is 12.1. The zero-order chi connectivity index (χ0) is 17.6. The summed E-state index contributed by atoms with van der Waals surface area (Å²) < 4.78 is 0. The molecule has 1 aliphatic rings. The molecule has 0 spiro atoms. The van der Waals surface area contributed by atoms with Gasteiger partial charge in [-0.05, 0) is 36.1 Å². The molecule has 130 valence electrons. The second-order valence-electron chi connectivity index (χ2n) is 6.28. The minimum atomic E-state index is -1.21. The standard InChI is InChI=1S/C20H22N2O3/c23-18-11-4-5-12-22(18)14-15-7-6-10-17(13-15)21-20(25)19(24)16-8-2-1-3-9-16/h1-3,6-10,13,19,24H,4-5,11-12,14H2,(H,21,25). The van der Waals surface area contributed by atoms with Crippen molar-refractivity contribution in [2.24, 2.45) is 0 Å². The van der Waals surface area contributed by atoms with Gasteiger partial charge in [0.25, 0.3) is 5.91 Å². The number of carbonyl (C=O) groups excluding carboxylic acids is 2. The second-order valence-corrected chi connectivity index (χ2v) is 6.28. The molecule has 0 radical (unpaired) electrons. The molecule has 0 aliphatic carbocycles. The first-order valence-electron chi connectivity index (χ1n) is 8.54. The van der Waals surface area contributed by atoms with Crippen molar-refractivity contribution in [2.75, 3.05) is 11.9 Å². The van der Waals surface area contributed by atoms with Gasteiger partial charge >= 0.3 is 0 Å². The van der Waals surface area contributed by atoms with E-state index in [0.29, 0.717) is 24.2 Å². The van der Waals surface area contributed by atoms with Crippen molar-refractivity contribution in [1.82, 2.24) is 4.90 Å². The first kappa shape index (κ1) is 17.2. The molecule has 3 rings (SSSR count). The quantitative estimate of drug-likeness (QED) is 0.881. The van der Waals surface area contributed by atoms with E-state index in [4.69, 9.17) is 0 Å². The van der Waals surface area contributed by atoms with Gasteiger partial charge in [0.2, 0.25) is 5.91 Å². The van der Waals surface area contributed by atoms with Crippen LogP contribution < -0.4 is 5.32 Å². The normalized spacial score (nSPS) is 15.7. The van der Waals surface area contributed by atoms with E-state index in [1.807, 2.05) is 29.2 Å². The number of hydrogen-bond donors (Lipinski definition) is 2. The van der Waals surface area contributed by atoms with E-state index >= 15 is 0 Å². The summed E-state index contributed by atoms with van der Waals surface area (Å²) in [6.45, 7) is 1.33. The Hall–Kier alpha value is -2.66. The van der Waals surface area contributed by atoms with Crippen molar-refractivity contribution in [1.29, 1.82) is 0 Å². The number of piperidine rings is 1. The van der Waals surface area contributed by atoms with Crippen molar-refractivity contribution < 1.29 is 14.7 Å². The molecule has 2 aromatic carbocycles. The Morgan fingerprint density at radius 2 is 1.92 bits per heavy atom. The van der Waals surface area contributed by atoms with Crippen LogP contribution in [0.4, 0.5) is 5.69 Å². The van der Waals surface area contributed by atoms with Gasteiger partial charge < -0.3 is 15.3 Å². The highest BCUT2D eigenvalue weighted by Gasteiger charge is 2.19. The number of hydrogen-bond acceptors (Lipinski definition) is 3. The lowest BCUT2D eigenvalue weighted by molar-refractivity contribution is -0.133. The zero-order valence-corrected chi connectivity index (χ0v) is 14.0. The van der Waals surface area contributed by atoms with Crippen LogP contribution in [-0.2, 0) is 16.1 Å². The Morgan fingerprint density at radius 1 is 1.12 bits per heavy atom. The van der Waals surface area contributed by atoms with Crippen LogP contribution in [0, 0.1) is 0 Å². The molecular weight excluding hydrogens is 316 g/mol. The third-order valence-electron chi connectivity index (χ3n) is 4.35. The van der Waals surface area contributed by atoms with Gasteiger partial charge in [-0.15, -0.1) is 0 Å². The lowest BCUT2D eigenvalue weighted by atomic mass is 10.1. The van der Waals surface area contributed by atoms with Gasteiger partial charge in [-0.3, -0.25) is 9.59 Å². The summed E-state index contributed by atoms with van der Waals surface area (Å²) in [6.07, 6.45) is 1.39. The van der Waals surface area contributed by atoms with Crippen LogP contribution in [0.1, 0.15) is 36.5 Å². The molecule has 2 N–H and O–H groups in total. The lowest BCUT2D eigenvalue weighted by Crippen LogP contribution is -2.34. The molecule has 1 aliphatic heterocycles. The van der Waals surface area contributed by atoms with Crippen LogP contribution in [0.15, 0.2) is 54.6 Å². The summed E-state index contributed by atoms with van der Waals surface area (Å²) in [6, 6.07) is 16.2. The monoisotopic (exact) mass is 338 g/mol. The van der Waals surface area contributed by atoms with Crippen molar-refractivity contribution in [3.05, 3.63) is 65.7 Å². The van der Waals surface area contributed by atoms with E-state index in [1.165, 1.54) is 0 Å². The maximum Gasteiger partial charge on any atom is 0.257 e. The SMILES string of the molecule is O=C(Nc1cccc(CN2CCCCC2=O)c1)C(O)c1ccccc1. The number of likely N-dealkylation sites (tertiary alicyclic amines) is 1. The van der Waals surface area contributed by atoms with E-state index in [0.717, 1.165) is 24.9 Å². The predicted molar refractivity (Wildman–Crippen MR) is 95.7 cm³/mol. The van der Waals surface area contributed by atoms with E-state index in [2.05, 4.69) is 5.32 Å². The molecule has 2 aromatic rings. The van der Waals surface area contributed by atoms with E-state index < -0.39 is 12.0 Å². The number of amides is 2. The topological polar surface area (TPSA) is 69.6 Å². The van der Waals surface area contributed by atoms with Crippen molar-refractivity contribution in [2.45, 2.75) is 31.9 Å². The van der Waals surface area contributed by atoms with E-state index in [9.17, 15) is 14.7 Å². The molecular formula is C20H22N2O3. The summed E-state index contributed by atoms with van der Waals surface area (Å²) in [5, 5.41) is 12.9. The number of nitrogens with zero attached hydrogens (tertiary/aromatic N) is 1. The Bertz CT molecular complexity index is 746. The summed E-state index contributed by atoms with van der Waals surface area (Å²) in [5.41, 5.74) is 2.12. The lowest BCUT2D eigenvalue weighted by Gasteiger charge is -2.26. The Labute approximate surface area is 147 Å². The summed E-state index contributed by atoms with van der Waals surface area (Å²) >= 11 is 0. The number of aliphatic hydroxyl groups is 1. The van der Waals surface area contributed by atoms with Crippen LogP contribution in [0.25, 0.3) is 0 Å². The fraction of sp³-hybridized carbons (Fsp3) is 0.300. The average molecular weight is 338 g/mol. The number of anilines is 1. The smallest absolute Gasteiger partial charge is 0.257 e. The molecule has 1 unspecified atom stereocenters. The van der Waals surface area contributed by atoms with E-state index in [-0.39, 0.29) is 5.91 Å². The third kappa shape index (κ3) is 4.45. The molecule has 1 saturated heterocycles. The fourth-order valence-corrected chi connectivity index (χ4v) is 2.99. The van der Waals surface area contributed by atoms with Crippen molar-refractivity contribution in [3.63, 3.8) is 0 Å². The number of rotatable bonds is 5. The average Bonchev–Trinajstić information content (AvgIpc) is 2.64. The van der Waals surface area contributed by atoms with Gasteiger partial charge in [-0.1, -0.05) is 42.5 Å². The number of nitrogens with one attached hydrogen (secondary N) is 1. The molecule has 0 aromatic heterocycles. The molecule has 1 heterocycles. The molecule has 2 amide bonds. The highest BCUT2D eigenvalue weighted by molar-refractivity contribution is 5.94. The van der Waals surface area contributed by atoms with Gasteiger partial charge in [0.1, 0.15) is 0 Å². The molecule has 5 nitrogen and oxygen atoms in total. The molecule has 0 bridgehead atoms. The molecule has 5 heteroatoms. The summed E-state index contributed by atoms with van der Waals surface area (Å²) in [4.78, 5) is 26.0. The second kappa shape index (κ2) is 7.94. The summed E-state index contributed by atoms with van der Waals surface area (Å²) in [5.74, 6) is -0.294. The Morgan fingerprint density at radius 3 is 2.68 bits per heavy atom. The minimum absolute atomic E-state index is 0.181. The van der Waals surface area contributed by atoms with Crippen LogP contribution >= 0.6 is 0 Å². The largest absolute Gasteiger partial charge is 0.378 e. The van der Waals surface area contributed by atoms with Gasteiger partial charge in [-0.25, -0.2) is 0 Å². The van der Waals surface area contributed by atoms with Crippen LogP contribution in [0.5, 0.6) is 0 Å². The number of benzene rings is 2. The van der Waals surface area contributed by atoms with Gasteiger partial charge in [0, 0.05) is 25.2 Å². The molecule has 25 heavy (non-hydrogen) atoms. The number of aliphatic hydroxyl groups excluding tert-OH is 1. The van der Waals surface area contributed by atoms with E-state index in [1.54, 1.807) is 30.3 Å². The molecule has 0 saturated carbocycles. The van der Waals surface area contributed by atoms with Crippen LogP contribution in [0.3, 0.4) is 0 Å². The van der Waals surface area contributed by atoms with Crippen LogP contribution in [-0.4, -0.2) is 28.4 Å². The first-order valence-corrected chi connectivity index (χ1v) is 8.54. The van der Waals surface area contributed by atoms with Gasteiger partial charge in [0.15, 0.2) is 6.10 Å². The Balaban J connectivity index is 1.65. The van der Waals surface area contributed by atoms with Gasteiger partial charge in [0.05, 0.1) is 0 Å². The maximum atomic E-state index is 12.2. The third-order valence-corrected chi connectivity index (χ3v) is 4.35. The fourth-order valence-electron chi connectivity index (χ4n) is 2.99. The highest BCUT2D eigenvalue weighted by Crippen LogP contribution is 2.19. The highest BCUT2D eigenvalue weighted by atomic mass is 16.3. The summed E-state index contributed by atoms with van der Waals surface area (Å²) in [7, 11) is 0. The van der Waals surface area contributed by atoms with Crippen LogP contribution in [0.2, 0.25) is 0 Å². The maximum absolute atomic E-state index is 12.2. The molecule has 1 fully saturated rings. The zero-order valence-electron chi connectivity index (χ0n) is 14.0. The van der Waals surface area contributed by atoms with Crippen molar-refractivity contribution >= 4 is 17.5 Å². The molecule has 1 atom stereocenters. The van der Waals surface area contributed by atoms with Gasteiger partial charge in [-0.2, -0.15) is 0 Å². The Kier molecular flexibility index (Phi) is 5.46. The minimum Gasteiger partial charge on any atom is -0.378 e. The number of carbonyl (C=O) groups is 2. The van der Waals surface area contributed by atoms with Crippen molar-refractivity contribution in [3.8, 4) is 0 Å². The predicted octanol–water partition coefficient (Wildman–Crippen LogP) is 2.87.